The number of carboxylic acid groups (broad SMARTS) is 1. The van der Waals surface area contributed by atoms with E-state index in [1.807, 2.05) is 0 Å². The minimum atomic E-state index is -5.08. The van der Waals surface area contributed by atoms with Crippen LogP contribution in [-0.2, 0) is 19.6 Å². The van der Waals surface area contributed by atoms with Crippen LogP contribution in [0.3, 0.4) is 0 Å². The topological polar surface area (TPSA) is 143 Å². The van der Waals surface area contributed by atoms with Gasteiger partial charge < -0.3 is 20.5 Å². The Morgan fingerprint density at radius 1 is 1.29 bits per heavy atom. The van der Waals surface area contributed by atoms with E-state index < -0.39 is 22.2 Å². The van der Waals surface area contributed by atoms with Crippen LogP contribution in [0.5, 0.6) is 5.88 Å². The molecular weight excluding hydrogens is 488 g/mol. The van der Waals surface area contributed by atoms with Gasteiger partial charge in [0.2, 0.25) is 21.8 Å². The molecule has 1 aliphatic rings. The van der Waals surface area contributed by atoms with Crippen LogP contribution >= 0.6 is 0 Å². The van der Waals surface area contributed by atoms with Crippen LogP contribution in [0.1, 0.15) is 12.8 Å². The molecule has 0 unspecified atom stereocenters. The van der Waals surface area contributed by atoms with Crippen molar-refractivity contribution in [1.29, 1.82) is 0 Å². The number of carbonyl (C=O) groups excluding carboxylic acids is 1. The van der Waals surface area contributed by atoms with Gasteiger partial charge in [-0.1, -0.05) is 0 Å². The summed E-state index contributed by atoms with van der Waals surface area (Å²) >= 11 is 0. The van der Waals surface area contributed by atoms with E-state index in [-0.39, 0.29) is 54.4 Å². The second-order valence-electron chi connectivity index (χ2n) is 7.31. The Morgan fingerprint density at radius 2 is 1.85 bits per heavy atom. The van der Waals surface area contributed by atoms with Gasteiger partial charge in [0.1, 0.15) is 11.5 Å². The number of carboxylic acids is 1. The number of piperidine rings is 1. The molecule has 1 aromatic rings. The fourth-order valence-electron chi connectivity index (χ4n) is 2.76. The molecule has 2 rings (SSSR count). The monoisotopic (exact) mass is 514 g/mol. The van der Waals surface area contributed by atoms with E-state index in [0.717, 1.165) is 0 Å². The summed E-state index contributed by atoms with van der Waals surface area (Å²) in [7, 11) is -0.300. The van der Waals surface area contributed by atoms with Gasteiger partial charge in [0.25, 0.3) is 0 Å². The Balaban J connectivity index is 0.000000718. The van der Waals surface area contributed by atoms with Gasteiger partial charge in [0.05, 0.1) is 12.5 Å². The average molecular weight is 514 g/mol. The Labute approximate surface area is 194 Å². The minimum absolute atomic E-state index is 0.0226. The van der Waals surface area contributed by atoms with Crippen molar-refractivity contribution in [3.8, 4) is 5.88 Å². The number of amides is 1. The molecule has 34 heavy (non-hydrogen) atoms. The number of rotatable bonds is 7. The third kappa shape index (κ3) is 8.53. The zero-order chi connectivity index (χ0) is 26.1. The van der Waals surface area contributed by atoms with E-state index in [0.29, 0.717) is 19.2 Å². The minimum Gasteiger partial charge on any atom is -0.475 e. The average Bonchev–Trinajstić information content (AvgIpc) is 2.79. The first-order valence-corrected chi connectivity index (χ1v) is 11.3. The maximum Gasteiger partial charge on any atom is 0.490 e. The second kappa shape index (κ2) is 12.6. The summed E-state index contributed by atoms with van der Waals surface area (Å²) in [6.07, 6.45) is -2.52. The Bertz CT molecular complexity index is 960. The van der Waals surface area contributed by atoms with Crippen molar-refractivity contribution < 1.29 is 45.4 Å². The van der Waals surface area contributed by atoms with E-state index in [2.05, 4.69) is 4.98 Å². The molecule has 0 aliphatic carbocycles. The molecule has 15 heteroatoms. The summed E-state index contributed by atoms with van der Waals surface area (Å²) in [5, 5.41) is 7.12. The van der Waals surface area contributed by atoms with Crippen molar-refractivity contribution in [3.05, 3.63) is 30.2 Å². The van der Waals surface area contributed by atoms with Crippen LogP contribution in [-0.4, -0.2) is 86.1 Å². The lowest BCUT2D eigenvalue weighted by atomic mass is 9.97. The number of alkyl halides is 3. The number of aliphatic carboxylic acids is 1. The lowest BCUT2D eigenvalue weighted by molar-refractivity contribution is -0.192. The number of ether oxygens (including phenoxy) is 1. The van der Waals surface area contributed by atoms with Crippen molar-refractivity contribution in [3.63, 3.8) is 0 Å². The van der Waals surface area contributed by atoms with Crippen LogP contribution < -0.4 is 10.5 Å². The third-order valence-electron chi connectivity index (χ3n) is 4.66. The Morgan fingerprint density at radius 3 is 2.24 bits per heavy atom. The van der Waals surface area contributed by atoms with Gasteiger partial charge in [-0.15, -0.1) is 0 Å². The van der Waals surface area contributed by atoms with Crippen molar-refractivity contribution in [2.75, 3.05) is 40.3 Å². The molecule has 0 bridgehead atoms. The highest BCUT2D eigenvalue weighted by Crippen LogP contribution is 2.25. The third-order valence-corrected chi connectivity index (χ3v) is 6.54. The number of hydrogen-bond donors (Lipinski definition) is 2. The highest BCUT2D eigenvalue weighted by molar-refractivity contribution is 7.89. The van der Waals surface area contributed by atoms with Gasteiger partial charge in [-0.05, 0) is 18.9 Å². The summed E-state index contributed by atoms with van der Waals surface area (Å²) in [6.45, 7) is 0.534. The molecule has 1 aromatic heterocycles. The molecule has 1 fully saturated rings. The van der Waals surface area contributed by atoms with E-state index >= 15 is 0 Å². The zero-order valence-electron chi connectivity index (χ0n) is 18.5. The fraction of sp³-hybridized carbons (Fsp3) is 0.526. The van der Waals surface area contributed by atoms with Gasteiger partial charge in [-0.25, -0.2) is 22.6 Å². The predicted octanol–water partition coefficient (Wildman–Crippen LogP) is 1.39. The quantitative estimate of drug-likeness (QED) is 0.520. The van der Waals surface area contributed by atoms with Crippen molar-refractivity contribution in [2.24, 2.45) is 11.7 Å². The van der Waals surface area contributed by atoms with Crippen molar-refractivity contribution in [2.45, 2.75) is 23.9 Å². The first-order valence-electron chi connectivity index (χ1n) is 9.82. The fourth-order valence-corrected chi connectivity index (χ4v) is 4.18. The number of nitrogens with two attached hydrogens (primary N) is 1. The normalized spacial score (nSPS) is 15.8. The summed E-state index contributed by atoms with van der Waals surface area (Å²) in [5.41, 5.74) is 5.61. The SMILES string of the molecule is CN(C)C(=O)C1CCN(S(=O)(=O)c2ccc(OC/C(=C/F)CN)nc2)CC1.O=C(O)C(F)(F)F. The lowest BCUT2D eigenvalue weighted by Gasteiger charge is -2.31. The summed E-state index contributed by atoms with van der Waals surface area (Å²) in [4.78, 5) is 26.5. The van der Waals surface area contributed by atoms with E-state index in [4.69, 9.17) is 20.4 Å². The first-order chi connectivity index (χ1) is 15.7. The van der Waals surface area contributed by atoms with E-state index in [1.54, 1.807) is 14.1 Å². The van der Waals surface area contributed by atoms with E-state index in [1.165, 1.54) is 27.5 Å². The molecule has 1 saturated heterocycles. The molecule has 10 nitrogen and oxygen atoms in total. The summed E-state index contributed by atoms with van der Waals surface area (Å²) in [5.74, 6) is -2.71. The molecule has 0 aromatic carbocycles. The molecule has 0 atom stereocenters. The molecule has 0 saturated carbocycles. The second-order valence-corrected chi connectivity index (χ2v) is 9.24. The smallest absolute Gasteiger partial charge is 0.475 e. The summed E-state index contributed by atoms with van der Waals surface area (Å²) in [6, 6.07) is 2.82. The number of pyridine rings is 1. The van der Waals surface area contributed by atoms with Crippen LogP contribution in [0.2, 0.25) is 0 Å². The predicted molar refractivity (Wildman–Crippen MR) is 112 cm³/mol. The van der Waals surface area contributed by atoms with Gasteiger partial charge >= 0.3 is 12.1 Å². The molecule has 1 aliphatic heterocycles. The molecule has 192 valence electrons. The van der Waals surface area contributed by atoms with E-state index in [9.17, 15) is 30.8 Å². The van der Waals surface area contributed by atoms with Crippen LogP contribution in [0.15, 0.2) is 35.1 Å². The zero-order valence-corrected chi connectivity index (χ0v) is 19.3. The number of carbonyl (C=O) groups is 2. The maximum absolute atomic E-state index is 12.7. The molecule has 0 radical (unpaired) electrons. The molecule has 1 amide bonds. The van der Waals surface area contributed by atoms with Gasteiger partial charge in [-0.3, -0.25) is 4.79 Å². The molecule has 0 spiro atoms. The molecular formula is C19H26F4N4O6S. The van der Waals surface area contributed by atoms with Crippen molar-refractivity contribution in [1.82, 2.24) is 14.2 Å². The van der Waals surface area contributed by atoms with Crippen LogP contribution in [0, 0.1) is 5.92 Å². The van der Waals surface area contributed by atoms with Crippen LogP contribution in [0.4, 0.5) is 17.6 Å². The summed E-state index contributed by atoms with van der Waals surface area (Å²) < 4.78 is 76.3. The Kier molecular flexibility index (Phi) is 10.9. The van der Waals surface area contributed by atoms with Gasteiger partial charge in [-0.2, -0.15) is 17.5 Å². The Hall–Kier alpha value is -2.78. The molecule has 2 heterocycles. The highest BCUT2D eigenvalue weighted by atomic mass is 32.2. The van der Waals surface area contributed by atoms with Crippen molar-refractivity contribution >= 4 is 21.9 Å². The van der Waals surface area contributed by atoms with Crippen LogP contribution in [0.25, 0.3) is 0 Å². The first kappa shape index (κ1) is 29.3. The highest BCUT2D eigenvalue weighted by Gasteiger charge is 2.38. The number of hydrogen-bond acceptors (Lipinski definition) is 7. The standard InChI is InChI=1S/C17H25FN4O4S.C2HF3O2/c1-21(2)17(23)14-5-7-22(8-6-14)27(24,25)15-3-4-16(20-11-15)26-12-13(9-18)10-19;3-2(4,5)1(6)7/h3-4,9,11,14H,5-8,10,12,19H2,1-2H3;(H,6,7)/b13-9+;. The number of aromatic nitrogens is 1. The van der Waals surface area contributed by atoms with Gasteiger partial charge in [0, 0.05) is 51.3 Å². The molecule has 3 N–H and O–H groups in total. The largest absolute Gasteiger partial charge is 0.490 e. The number of halogens is 4. The number of sulfonamides is 1. The lowest BCUT2D eigenvalue weighted by Crippen LogP contribution is -2.42. The number of nitrogens with zero attached hydrogens (tertiary/aromatic N) is 3. The van der Waals surface area contributed by atoms with Gasteiger partial charge in [0.15, 0.2) is 0 Å². The maximum atomic E-state index is 12.7.